The van der Waals surface area contributed by atoms with Crippen LogP contribution in [0.2, 0.25) is 0 Å². The second-order valence-electron chi connectivity index (χ2n) is 7.66. The molecule has 0 unspecified atom stereocenters. The van der Waals surface area contributed by atoms with Crippen LogP contribution in [-0.2, 0) is 9.31 Å². The van der Waals surface area contributed by atoms with Gasteiger partial charge in [0.25, 0.3) is 0 Å². The lowest BCUT2D eigenvalue weighted by Gasteiger charge is -2.32. The van der Waals surface area contributed by atoms with Gasteiger partial charge in [0.2, 0.25) is 5.88 Å². The third-order valence-corrected chi connectivity index (χ3v) is 5.13. The number of rotatable bonds is 4. The molecule has 0 spiro atoms. The van der Waals surface area contributed by atoms with Crippen molar-refractivity contribution in [1.29, 1.82) is 0 Å². The minimum atomic E-state index is -0.449. The van der Waals surface area contributed by atoms with Gasteiger partial charge in [0.15, 0.2) is 0 Å². The van der Waals surface area contributed by atoms with Crippen molar-refractivity contribution in [3.8, 4) is 5.88 Å². The van der Waals surface area contributed by atoms with Crippen molar-refractivity contribution in [1.82, 2.24) is 9.97 Å². The fourth-order valence-corrected chi connectivity index (χ4v) is 2.69. The Bertz CT molecular complexity index is 581. The highest BCUT2D eigenvalue weighted by Crippen LogP contribution is 2.42. The van der Waals surface area contributed by atoms with E-state index in [0.717, 1.165) is 24.0 Å². The number of nitrogens with zero attached hydrogens (tertiary/aromatic N) is 2. The SMILES string of the molecule is CC1(C)OB(c2c(OC3CC3)ncnc2C2CC2)OC1(C)C. The molecule has 0 aromatic carbocycles. The van der Waals surface area contributed by atoms with Crippen LogP contribution in [0.15, 0.2) is 6.33 Å². The highest BCUT2D eigenvalue weighted by atomic mass is 16.7. The van der Waals surface area contributed by atoms with Crippen LogP contribution in [0, 0.1) is 0 Å². The van der Waals surface area contributed by atoms with E-state index in [1.807, 2.05) is 0 Å². The van der Waals surface area contributed by atoms with Gasteiger partial charge in [-0.05, 0) is 53.4 Å². The van der Waals surface area contributed by atoms with Crippen molar-refractivity contribution in [3.63, 3.8) is 0 Å². The molecule has 0 radical (unpaired) electrons. The molecule has 4 rings (SSSR count). The smallest absolute Gasteiger partial charge is 0.475 e. The molecule has 1 aromatic heterocycles. The van der Waals surface area contributed by atoms with E-state index in [2.05, 4.69) is 37.7 Å². The first-order valence-electron chi connectivity index (χ1n) is 8.24. The van der Waals surface area contributed by atoms with E-state index in [1.54, 1.807) is 6.33 Å². The summed E-state index contributed by atoms with van der Waals surface area (Å²) < 4.78 is 18.5. The lowest BCUT2D eigenvalue weighted by molar-refractivity contribution is 0.00578. The first-order valence-corrected chi connectivity index (χ1v) is 8.24. The van der Waals surface area contributed by atoms with Gasteiger partial charge in [-0.2, -0.15) is 0 Å². The topological polar surface area (TPSA) is 53.5 Å². The van der Waals surface area contributed by atoms with Gasteiger partial charge in [-0.25, -0.2) is 9.97 Å². The Hall–Kier alpha value is -1.14. The van der Waals surface area contributed by atoms with Crippen molar-refractivity contribution in [2.45, 2.75) is 76.6 Å². The minimum absolute atomic E-state index is 0.295. The van der Waals surface area contributed by atoms with E-state index in [1.165, 1.54) is 12.8 Å². The van der Waals surface area contributed by atoms with Gasteiger partial charge in [-0.15, -0.1) is 0 Å². The summed E-state index contributed by atoms with van der Waals surface area (Å²) in [4.78, 5) is 8.89. The quantitative estimate of drug-likeness (QED) is 0.798. The van der Waals surface area contributed by atoms with Gasteiger partial charge < -0.3 is 14.0 Å². The molecular weight excluding hydrogens is 279 g/mol. The zero-order chi connectivity index (χ0) is 15.5. The molecule has 2 heterocycles. The molecule has 0 bridgehead atoms. The summed E-state index contributed by atoms with van der Waals surface area (Å²) >= 11 is 0. The van der Waals surface area contributed by atoms with Crippen molar-refractivity contribution in [2.24, 2.45) is 0 Å². The summed E-state index contributed by atoms with van der Waals surface area (Å²) in [6, 6.07) is 0. The van der Waals surface area contributed by atoms with E-state index in [-0.39, 0.29) is 11.2 Å². The monoisotopic (exact) mass is 302 g/mol. The molecule has 1 saturated heterocycles. The Morgan fingerprint density at radius 3 is 2.23 bits per heavy atom. The molecule has 1 aromatic rings. The maximum atomic E-state index is 6.23. The normalized spacial score (nSPS) is 26.3. The number of hydrogen-bond donors (Lipinski definition) is 0. The molecule has 0 amide bonds. The van der Waals surface area contributed by atoms with Gasteiger partial charge in [-0.1, -0.05) is 0 Å². The zero-order valence-electron chi connectivity index (χ0n) is 13.8. The lowest BCUT2D eigenvalue weighted by atomic mass is 9.77. The van der Waals surface area contributed by atoms with Crippen LogP contribution in [0.25, 0.3) is 0 Å². The molecule has 3 aliphatic rings. The summed E-state index contributed by atoms with van der Waals surface area (Å²) in [5, 5.41) is 0. The van der Waals surface area contributed by atoms with E-state index < -0.39 is 7.12 Å². The second kappa shape index (κ2) is 4.68. The third-order valence-electron chi connectivity index (χ3n) is 5.13. The minimum Gasteiger partial charge on any atom is -0.475 e. The molecular formula is C16H23BN2O3. The maximum Gasteiger partial charge on any atom is 0.502 e. The summed E-state index contributed by atoms with van der Waals surface area (Å²) in [5.74, 6) is 1.15. The summed E-state index contributed by atoms with van der Waals surface area (Å²) in [5.41, 5.74) is 1.22. The Morgan fingerprint density at radius 1 is 1.05 bits per heavy atom. The molecule has 0 N–H and O–H groups in total. The Kier molecular flexibility index (Phi) is 3.08. The van der Waals surface area contributed by atoms with Crippen LogP contribution in [0.3, 0.4) is 0 Å². The van der Waals surface area contributed by atoms with Crippen LogP contribution in [0.1, 0.15) is 65.0 Å². The van der Waals surface area contributed by atoms with Crippen LogP contribution < -0.4 is 10.2 Å². The predicted molar refractivity (Wildman–Crippen MR) is 83.4 cm³/mol. The lowest BCUT2D eigenvalue weighted by Crippen LogP contribution is -2.41. The average Bonchev–Trinajstić information content (AvgIpc) is 3.31. The highest BCUT2D eigenvalue weighted by Gasteiger charge is 2.54. The summed E-state index contributed by atoms with van der Waals surface area (Å²) in [7, 11) is -0.449. The highest BCUT2D eigenvalue weighted by molar-refractivity contribution is 6.63. The van der Waals surface area contributed by atoms with Crippen LogP contribution in [0.5, 0.6) is 5.88 Å². The molecule has 1 aliphatic heterocycles. The number of ether oxygens (including phenoxy) is 1. The van der Waals surface area contributed by atoms with Crippen LogP contribution >= 0.6 is 0 Å². The van der Waals surface area contributed by atoms with Crippen molar-refractivity contribution in [3.05, 3.63) is 12.0 Å². The van der Waals surface area contributed by atoms with E-state index in [9.17, 15) is 0 Å². The van der Waals surface area contributed by atoms with E-state index in [4.69, 9.17) is 14.0 Å². The van der Waals surface area contributed by atoms with Crippen molar-refractivity contribution >= 4 is 12.6 Å². The number of aromatic nitrogens is 2. The number of hydrogen-bond acceptors (Lipinski definition) is 5. The van der Waals surface area contributed by atoms with Gasteiger partial charge >= 0.3 is 7.12 Å². The van der Waals surface area contributed by atoms with E-state index >= 15 is 0 Å². The molecule has 22 heavy (non-hydrogen) atoms. The first-order chi connectivity index (χ1) is 10.4. The Balaban J connectivity index is 1.73. The average molecular weight is 302 g/mol. The van der Waals surface area contributed by atoms with Crippen molar-refractivity contribution in [2.75, 3.05) is 0 Å². The second-order valence-corrected chi connectivity index (χ2v) is 7.66. The molecule has 3 fully saturated rings. The first kappa shape index (κ1) is 14.5. The van der Waals surface area contributed by atoms with Crippen LogP contribution in [-0.4, -0.2) is 34.4 Å². The zero-order valence-corrected chi connectivity index (χ0v) is 13.8. The maximum absolute atomic E-state index is 6.23. The third kappa shape index (κ3) is 2.42. The molecule has 6 heteroatoms. The predicted octanol–water partition coefficient (Wildman–Crippen LogP) is 2.19. The fourth-order valence-electron chi connectivity index (χ4n) is 2.69. The molecule has 118 valence electrons. The van der Waals surface area contributed by atoms with Gasteiger partial charge in [0, 0.05) is 5.92 Å². The molecule has 2 saturated carbocycles. The Labute approximate surface area is 131 Å². The summed E-state index contributed by atoms with van der Waals surface area (Å²) in [6.07, 6.45) is 6.46. The molecule has 2 aliphatic carbocycles. The fraction of sp³-hybridized carbons (Fsp3) is 0.750. The van der Waals surface area contributed by atoms with Gasteiger partial charge in [-0.3, -0.25) is 0 Å². The Morgan fingerprint density at radius 2 is 1.68 bits per heavy atom. The van der Waals surface area contributed by atoms with Crippen molar-refractivity contribution < 1.29 is 14.0 Å². The molecule has 0 atom stereocenters. The molecule has 5 nitrogen and oxygen atoms in total. The largest absolute Gasteiger partial charge is 0.502 e. The van der Waals surface area contributed by atoms with Crippen LogP contribution in [0.4, 0.5) is 0 Å². The van der Waals surface area contributed by atoms with E-state index in [0.29, 0.717) is 17.9 Å². The van der Waals surface area contributed by atoms with Gasteiger partial charge in [0.05, 0.1) is 22.4 Å². The summed E-state index contributed by atoms with van der Waals surface area (Å²) in [6.45, 7) is 8.26. The van der Waals surface area contributed by atoms with Gasteiger partial charge in [0.1, 0.15) is 12.4 Å². The standard InChI is InChI=1S/C16H23BN2O3/c1-15(2)16(3,4)22-17(21-15)12-13(10-5-6-10)18-9-19-14(12)20-11-7-8-11/h9-11H,5-8H2,1-4H3.